The topological polar surface area (TPSA) is 12.0 Å². The van der Waals surface area contributed by atoms with Gasteiger partial charge in [-0.3, -0.25) is 0 Å². The Labute approximate surface area is 102 Å². The van der Waals surface area contributed by atoms with Gasteiger partial charge >= 0.3 is 0 Å². The summed E-state index contributed by atoms with van der Waals surface area (Å²) in [5.41, 5.74) is 3.49. The highest BCUT2D eigenvalue weighted by atomic mass is 35.5. The summed E-state index contributed by atoms with van der Waals surface area (Å²) in [7, 11) is 0. The van der Waals surface area contributed by atoms with Gasteiger partial charge in [-0.2, -0.15) is 0 Å². The van der Waals surface area contributed by atoms with Gasteiger partial charge in [0.05, 0.1) is 0 Å². The fourth-order valence-electron chi connectivity index (χ4n) is 3.60. The predicted octanol–water partition coefficient (Wildman–Crippen LogP) is 3.47. The number of rotatable bonds is 0. The molecule has 3 rings (SSSR count). The second-order valence-corrected chi connectivity index (χ2v) is 5.80. The first kappa shape index (κ1) is 10.6. The van der Waals surface area contributed by atoms with Gasteiger partial charge in [-0.05, 0) is 66.9 Å². The smallest absolute Gasteiger partial charge is 0.0409 e. The zero-order chi connectivity index (χ0) is 11.2. The fraction of sp³-hybridized carbons (Fsp3) is 0.571. The van der Waals surface area contributed by atoms with Crippen LogP contribution in [0.2, 0.25) is 5.02 Å². The third kappa shape index (κ3) is 1.49. The summed E-state index contributed by atoms with van der Waals surface area (Å²) >= 11 is 6.16. The predicted molar refractivity (Wildman–Crippen MR) is 68.3 cm³/mol. The van der Waals surface area contributed by atoms with Crippen molar-refractivity contribution in [3.8, 4) is 0 Å². The minimum atomic E-state index is 0.422. The van der Waals surface area contributed by atoms with Crippen LogP contribution in [0.5, 0.6) is 0 Å². The maximum absolute atomic E-state index is 6.16. The maximum Gasteiger partial charge on any atom is 0.0409 e. The van der Waals surface area contributed by atoms with Crippen molar-refractivity contribution in [2.75, 3.05) is 13.1 Å². The van der Waals surface area contributed by atoms with Gasteiger partial charge in [0.2, 0.25) is 0 Å². The van der Waals surface area contributed by atoms with Crippen LogP contribution >= 0.6 is 11.6 Å². The number of benzene rings is 1. The average molecular weight is 236 g/mol. The van der Waals surface area contributed by atoms with E-state index in [1.807, 2.05) is 6.07 Å². The molecule has 1 aromatic rings. The van der Waals surface area contributed by atoms with Crippen molar-refractivity contribution in [2.24, 2.45) is 0 Å². The highest BCUT2D eigenvalue weighted by Crippen LogP contribution is 2.51. The Balaban J connectivity index is 2.09. The van der Waals surface area contributed by atoms with E-state index in [9.17, 15) is 0 Å². The summed E-state index contributed by atoms with van der Waals surface area (Å²) in [4.78, 5) is 0. The lowest BCUT2D eigenvalue weighted by Crippen LogP contribution is -2.38. The molecule has 1 fully saturated rings. The van der Waals surface area contributed by atoms with Gasteiger partial charge in [0.15, 0.2) is 0 Å². The Bertz CT molecular complexity index is 407. The van der Waals surface area contributed by atoms with E-state index in [1.54, 1.807) is 0 Å². The number of piperidine rings is 1. The maximum atomic E-state index is 6.16. The van der Waals surface area contributed by atoms with Gasteiger partial charge in [-0.1, -0.05) is 24.6 Å². The molecule has 1 heterocycles. The molecule has 1 N–H and O–H groups in total. The van der Waals surface area contributed by atoms with Crippen molar-refractivity contribution in [3.63, 3.8) is 0 Å². The van der Waals surface area contributed by atoms with Crippen LogP contribution in [0.1, 0.15) is 43.2 Å². The van der Waals surface area contributed by atoms with Crippen molar-refractivity contribution < 1.29 is 0 Å². The van der Waals surface area contributed by atoms with Crippen LogP contribution in [0.25, 0.3) is 0 Å². The molecule has 1 spiro atoms. The van der Waals surface area contributed by atoms with Gasteiger partial charge < -0.3 is 5.32 Å². The van der Waals surface area contributed by atoms with Crippen LogP contribution < -0.4 is 5.32 Å². The molecular weight excluding hydrogens is 218 g/mol. The number of fused-ring (bicyclic) bond motifs is 2. The van der Waals surface area contributed by atoms with Gasteiger partial charge in [0.25, 0.3) is 0 Å². The molecule has 1 atom stereocenters. The van der Waals surface area contributed by atoms with Crippen LogP contribution in [0.4, 0.5) is 0 Å². The second-order valence-electron chi connectivity index (χ2n) is 5.37. The molecule has 0 amide bonds. The minimum Gasteiger partial charge on any atom is -0.317 e. The lowest BCUT2D eigenvalue weighted by molar-refractivity contribution is 0.296. The third-order valence-corrected chi connectivity index (χ3v) is 4.61. The highest BCUT2D eigenvalue weighted by molar-refractivity contribution is 6.30. The molecule has 1 aromatic carbocycles. The molecule has 0 radical (unpaired) electrons. The largest absolute Gasteiger partial charge is 0.317 e. The molecule has 1 aliphatic carbocycles. The summed E-state index contributed by atoms with van der Waals surface area (Å²) in [6.45, 7) is 4.65. The summed E-state index contributed by atoms with van der Waals surface area (Å²) in [5.74, 6) is 0.699. The Morgan fingerprint density at radius 1 is 1.31 bits per heavy atom. The van der Waals surface area contributed by atoms with Crippen molar-refractivity contribution in [1.82, 2.24) is 5.32 Å². The van der Waals surface area contributed by atoms with Gasteiger partial charge in [0, 0.05) is 5.02 Å². The SMILES string of the molecule is CC1CC2(CCNCC2)c2cc(Cl)ccc21. The zero-order valence-corrected chi connectivity index (χ0v) is 10.5. The van der Waals surface area contributed by atoms with Crippen LogP contribution in [0.3, 0.4) is 0 Å². The Kier molecular flexibility index (Phi) is 2.49. The minimum absolute atomic E-state index is 0.422. The van der Waals surface area contributed by atoms with Crippen molar-refractivity contribution >= 4 is 11.6 Å². The molecule has 1 aliphatic heterocycles. The number of halogens is 1. The standard InChI is InChI=1S/C14H18ClN/c1-10-9-14(4-6-16-7-5-14)13-8-11(15)2-3-12(10)13/h2-3,8,10,16H,4-7,9H2,1H3. The monoisotopic (exact) mass is 235 g/mol. The average Bonchev–Trinajstić information content (AvgIpc) is 2.53. The molecule has 1 saturated heterocycles. The molecule has 0 aromatic heterocycles. The van der Waals surface area contributed by atoms with Crippen LogP contribution in [0, 0.1) is 0 Å². The van der Waals surface area contributed by atoms with Crippen molar-refractivity contribution in [1.29, 1.82) is 0 Å². The van der Waals surface area contributed by atoms with E-state index < -0.39 is 0 Å². The lowest BCUT2D eigenvalue weighted by atomic mass is 9.74. The summed E-state index contributed by atoms with van der Waals surface area (Å²) < 4.78 is 0. The van der Waals surface area contributed by atoms with Crippen LogP contribution in [0.15, 0.2) is 18.2 Å². The first-order chi connectivity index (χ1) is 7.71. The molecule has 2 heteroatoms. The number of hydrogen-bond acceptors (Lipinski definition) is 1. The van der Waals surface area contributed by atoms with E-state index in [2.05, 4.69) is 24.4 Å². The molecule has 16 heavy (non-hydrogen) atoms. The third-order valence-electron chi connectivity index (χ3n) is 4.38. The fourth-order valence-corrected chi connectivity index (χ4v) is 3.77. The van der Waals surface area contributed by atoms with E-state index in [4.69, 9.17) is 11.6 Å². The Hall–Kier alpha value is -0.530. The summed E-state index contributed by atoms with van der Waals surface area (Å²) in [5, 5.41) is 4.36. The molecule has 2 aliphatic rings. The van der Waals surface area contributed by atoms with Gasteiger partial charge in [-0.15, -0.1) is 0 Å². The number of nitrogens with one attached hydrogen (secondary N) is 1. The molecule has 0 saturated carbocycles. The van der Waals surface area contributed by atoms with Gasteiger partial charge in [-0.25, -0.2) is 0 Å². The van der Waals surface area contributed by atoms with E-state index in [0.29, 0.717) is 11.3 Å². The summed E-state index contributed by atoms with van der Waals surface area (Å²) in [6.07, 6.45) is 3.85. The normalized spacial score (nSPS) is 27.0. The molecule has 0 bridgehead atoms. The Morgan fingerprint density at radius 2 is 2.06 bits per heavy atom. The van der Waals surface area contributed by atoms with Crippen LogP contribution in [-0.2, 0) is 5.41 Å². The van der Waals surface area contributed by atoms with E-state index in [-0.39, 0.29) is 0 Å². The molecule has 1 unspecified atom stereocenters. The second kappa shape index (κ2) is 3.75. The zero-order valence-electron chi connectivity index (χ0n) is 9.72. The van der Waals surface area contributed by atoms with E-state index >= 15 is 0 Å². The van der Waals surface area contributed by atoms with Crippen molar-refractivity contribution in [2.45, 2.75) is 37.5 Å². The van der Waals surface area contributed by atoms with Crippen molar-refractivity contribution in [3.05, 3.63) is 34.3 Å². The summed E-state index contributed by atoms with van der Waals surface area (Å²) in [6, 6.07) is 6.49. The van der Waals surface area contributed by atoms with Crippen LogP contribution in [-0.4, -0.2) is 13.1 Å². The number of hydrogen-bond donors (Lipinski definition) is 1. The van der Waals surface area contributed by atoms with Gasteiger partial charge in [0.1, 0.15) is 0 Å². The van der Waals surface area contributed by atoms with E-state index in [1.165, 1.54) is 30.4 Å². The first-order valence-electron chi connectivity index (χ1n) is 6.22. The lowest BCUT2D eigenvalue weighted by Gasteiger charge is -2.35. The quantitative estimate of drug-likeness (QED) is 0.726. The molecule has 86 valence electrons. The van der Waals surface area contributed by atoms with E-state index in [0.717, 1.165) is 18.1 Å². The molecule has 1 nitrogen and oxygen atoms in total. The highest BCUT2D eigenvalue weighted by Gasteiger charge is 2.42. The molecular formula is C14H18ClN. The Morgan fingerprint density at radius 3 is 2.81 bits per heavy atom. The first-order valence-corrected chi connectivity index (χ1v) is 6.60.